The van der Waals surface area contributed by atoms with E-state index in [1.807, 2.05) is 31.5 Å². The topological polar surface area (TPSA) is 94.2 Å². The molecule has 1 amide bonds. The Hall–Kier alpha value is -3.26. The molecule has 0 aliphatic carbocycles. The molecule has 0 bridgehead atoms. The molecule has 3 aromatic heterocycles. The minimum Gasteiger partial charge on any atom is -0.368 e. The molecule has 0 aromatic carbocycles. The number of carbonyl (C=O) groups excluding carboxylic acids is 1. The maximum Gasteiger partial charge on any atom is 0.251 e. The number of aryl methyl sites for hydroxylation is 1. The Bertz CT molecular complexity index is 1180. The Labute approximate surface area is 173 Å². The van der Waals surface area contributed by atoms with E-state index in [2.05, 4.69) is 36.1 Å². The van der Waals surface area contributed by atoms with Crippen molar-refractivity contribution in [1.82, 2.24) is 19.9 Å². The zero-order chi connectivity index (χ0) is 20.7. The van der Waals surface area contributed by atoms with Crippen LogP contribution in [0.25, 0.3) is 11.0 Å². The van der Waals surface area contributed by atoms with Crippen molar-refractivity contribution in [2.24, 2.45) is 0 Å². The van der Waals surface area contributed by atoms with Gasteiger partial charge in [-0.05, 0) is 30.2 Å². The largest absolute Gasteiger partial charge is 0.368 e. The number of aromatic amines is 1. The van der Waals surface area contributed by atoms with E-state index >= 15 is 0 Å². The average molecular weight is 404 g/mol. The first kappa shape index (κ1) is 18.7. The summed E-state index contributed by atoms with van der Waals surface area (Å²) in [5.41, 5.74) is 5.50. The van der Waals surface area contributed by atoms with Gasteiger partial charge in [0.1, 0.15) is 5.82 Å². The van der Waals surface area contributed by atoms with Gasteiger partial charge in [-0.25, -0.2) is 4.98 Å². The Morgan fingerprint density at radius 3 is 2.67 bits per heavy atom. The number of pyridine rings is 3. The third-order valence-electron chi connectivity index (χ3n) is 5.91. The fraction of sp³-hybridized carbons (Fsp3) is 0.364. The lowest BCUT2D eigenvalue weighted by atomic mass is 10.1. The first-order chi connectivity index (χ1) is 14.6. The standard InChI is InChI=1S/C22H24N6O2/c1-2-15-9-18-19(25-22(15)30)7-14(11-23-18)13-27-3-5-28(6-4-27)17-8-16-10-20(29)26-21(16)24-12-17/h7-9,11-12H,2-6,10,13H2,1H3,(H,25,30)(H,24,26,29). The predicted octanol–water partition coefficient (Wildman–Crippen LogP) is 1.70. The predicted molar refractivity (Wildman–Crippen MR) is 116 cm³/mol. The van der Waals surface area contributed by atoms with Gasteiger partial charge in [0.25, 0.3) is 5.56 Å². The van der Waals surface area contributed by atoms with Gasteiger partial charge in [-0.1, -0.05) is 6.92 Å². The molecule has 0 radical (unpaired) electrons. The van der Waals surface area contributed by atoms with Crippen molar-refractivity contribution in [2.45, 2.75) is 26.3 Å². The zero-order valence-corrected chi connectivity index (χ0v) is 16.9. The molecule has 1 fully saturated rings. The Kier molecular flexibility index (Phi) is 4.71. The van der Waals surface area contributed by atoms with Crippen LogP contribution < -0.4 is 15.8 Å². The van der Waals surface area contributed by atoms with E-state index in [1.165, 1.54) is 0 Å². The van der Waals surface area contributed by atoms with Gasteiger partial charge in [-0.15, -0.1) is 0 Å². The molecule has 8 heteroatoms. The summed E-state index contributed by atoms with van der Waals surface area (Å²) >= 11 is 0. The van der Waals surface area contributed by atoms with Crippen LogP contribution in [0.15, 0.2) is 35.4 Å². The van der Waals surface area contributed by atoms with Crippen molar-refractivity contribution in [3.8, 4) is 0 Å². The third-order valence-corrected chi connectivity index (χ3v) is 5.91. The Morgan fingerprint density at radius 1 is 1.03 bits per heavy atom. The summed E-state index contributed by atoms with van der Waals surface area (Å²) in [6.45, 7) is 6.43. The molecule has 2 N–H and O–H groups in total. The van der Waals surface area contributed by atoms with Crippen molar-refractivity contribution < 1.29 is 4.79 Å². The monoisotopic (exact) mass is 404 g/mol. The number of rotatable bonds is 4. The van der Waals surface area contributed by atoms with Crippen LogP contribution in [0.5, 0.6) is 0 Å². The second kappa shape index (κ2) is 7.53. The lowest BCUT2D eigenvalue weighted by Gasteiger charge is -2.36. The maximum atomic E-state index is 12.1. The van der Waals surface area contributed by atoms with E-state index in [4.69, 9.17) is 0 Å². The molecule has 0 unspecified atom stereocenters. The van der Waals surface area contributed by atoms with Crippen LogP contribution in [-0.4, -0.2) is 51.9 Å². The van der Waals surface area contributed by atoms with Crippen LogP contribution in [0.3, 0.4) is 0 Å². The molecule has 3 aromatic rings. The molecule has 5 rings (SSSR count). The summed E-state index contributed by atoms with van der Waals surface area (Å²) in [6, 6.07) is 5.98. The van der Waals surface area contributed by atoms with Gasteiger partial charge < -0.3 is 15.2 Å². The van der Waals surface area contributed by atoms with Crippen LogP contribution in [0.4, 0.5) is 11.5 Å². The zero-order valence-electron chi connectivity index (χ0n) is 16.9. The van der Waals surface area contributed by atoms with Crippen molar-refractivity contribution in [1.29, 1.82) is 0 Å². The molecular formula is C22H24N6O2. The number of fused-ring (bicyclic) bond motifs is 2. The number of hydrogen-bond acceptors (Lipinski definition) is 6. The van der Waals surface area contributed by atoms with E-state index < -0.39 is 0 Å². The van der Waals surface area contributed by atoms with E-state index in [-0.39, 0.29) is 11.5 Å². The number of hydrogen-bond donors (Lipinski definition) is 2. The summed E-state index contributed by atoms with van der Waals surface area (Å²) in [5.74, 6) is 0.700. The van der Waals surface area contributed by atoms with Crippen molar-refractivity contribution >= 4 is 28.4 Å². The molecule has 2 aliphatic heterocycles. The second-order valence-electron chi connectivity index (χ2n) is 7.94. The molecular weight excluding hydrogens is 380 g/mol. The Morgan fingerprint density at radius 2 is 1.87 bits per heavy atom. The van der Waals surface area contributed by atoms with Crippen LogP contribution in [-0.2, 0) is 24.2 Å². The molecule has 30 heavy (non-hydrogen) atoms. The summed E-state index contributed by atoms with van der Waals surface area (Å²) in [4.78, 5) is 40.2. The quantitative estimate of drug-likeness (QED) is 0.687. The maximum absolute atomic E-state index is 12.1. The number of nitrogens with zero attached hydrogens (tertiary/aromatic N) is 4. The Balaban J connectivity index is 1.25. The van der Waals surface area contributed by atoms with Gasteiger partial charge in [-0.2, -0.15) is 0 Å². The number of anilines is 2. The van der Waals surface area contributed by atoms with Gasteiger partial charge in [-0.3, -0.25) is 19.5 Å². The number of carbonyl (C=O) groups is 1. The van der Waals surface area contributed by atoms with Crippen LogP contribution in [0, 0.1) is 0 Å². The third kappa shape index (κ3) is 3.54. The first-order valence-corrected chi connectivity index (χ1v) is 10.4. The molecule has 2 aliphatic rings. The fourth-order valence-corrected chi connectivity index (χ4v) is 4.21. The number of aromatic nitrogens is 3. The van der Waals surface area contributed by atoms with Crippen molar-refractivity contribution in [3.05, 3.63) is 57.6 Å². The van der Waals surface area contributed by atoms with Gasteiger partial charge in [0.15, 0.2) is 0 Å². The van der Waals surface area contributed by atoms with Gasteiger partial charge in [0.05, 0.1) is 29.3 Å². The van der Waals surface area contributed by atoms with Gasteiger partial charge in [0.2, 0.25) is 5.91 Å². The molecule has 8 nitrogen and oxygen atoms in total. The normalized spacial score (nSPS) is 16.7. The fourth-order valence-electron chi connectivity index (χ4n) is 4.21. The van der Waals surface area contributed by atoms with E-state index in [9.17, 15) is 9.59 Å². The number of H-pyrrole nitrogens is 1. The summed E-state index contributed by atoms with van der Waals surface area (Å²) < 4.78 is 0. The first-order valence-electron chi connectivity index (χ1n) is 10.4. The summed E-state index contributed by atoms with van der Waals surface area (Å²) in [7, 11) is 0. The number of amides is 1. The van der Waals surface area contributed by atoms with Gasteiger partial charge in [0, 0.05) is 50.0 Å². The molecule has 0 spiro atoms. The van der Waals surface area contributed by atoms with E-state index in [0.29, 0.717) is 18.7 Å². The molecule has 5 heterocycles. The van der Waals surface area contributed by atoms with E-state index in [0.717, 1.165) is 66.1 Å². The highest BCUT2D eigenvalue weighted by Gasteiger charge is 2.22. The van der Waals surface area contributed by atoms with Crippen molar-refractivity contribution in [3.63, 3.8) is 0 Å². The van der Waals surface area contributed by atoms with Crippen molar-refractivity contribution in [2.75, 3.05) is 36.4 Å². The smallest absolute Gasteiger partial charge is 0.251 e. The highest BCUT2D eigenvalue weighted by molar-refractivity contribution is 5.98. The number of piperazine rings is 1. The summed E-state index contributed by atoms with van der Waals surface area (Å²) in [5, 5.41) is 2.78. The molecule has 0 atom stereocenters. The minimum absolute atomic E-state index is 0.00993. The lowest BCUT2D eigenvalue weighted by molar-refractivity contribution is -0.115. The molecule has 0 saturated carbocycles. The van der Waals surface area contributed by atoms with E-state index in [1.54, 1.807) is 0 Å². The number of nitrogens with one attached hydrogen (secondary N) is 2. The molecule has 1 saturated heterocycles. The summed E-state index contributed by atoms with van der Waals surface area (Å²) in [6.07, 6.45) is 4.85. The van der Waals surface area contributed by atoms with Crippen LogP contribution >= 0.6 is 0 Å². The molecule has 154 valence electrons. The highest BCUT2D eigenvalue weighted by atomic mass is 16.2. The van der Waals surface area contributed by atoms with Crippen LogP contribution in [0.2, 0.25) is 0 Å². The second-order valence-corrected chi connectivity index (χ2v) is 7.94. The average Bonchev–Trinajstić information content (AvgIpc) is 3.13. The lowest BCUT2D eigenvalue weighted by Crippen LogP contribution is -2.46. The van der Waals surface area contributed by atoms with Gasteiger partial charge >= 0.3 is 0 Å². The van der Waals surface area contributed by atoms with Crippen LogP contribution in [0.1, 0.15) is 23.6 Å². The minimum atomic E-state index is -0.0302. The SMILES string of the molecule is CCc1cc2ncc(CN3CCN(c4cnc5c(c4)CC(=O)N5)CC3)cc2[nH]c1=O. The highest BCUT2D eigenvalue weighted by Crippen LogP contribution is 2.26.